The number of nitrogens with one attached hydrogen (secondary N) is 1. The number of nitrogens with zero attached hydrogens (tertiary/aromatic N) is 2. The number of aliphatic carboxylic acids is 1. The molecule has 0 amide bonds. The number of hydrogen-bond donors (Lipinski definition) is 2. The van der Waals surface area contributed by atoms with Crippen molar-refractivity contribution < 1.29 is 18.8 Å². The summed E-state index contributed by atoms with van der Waals surface area (Å²) in [5.74, 6) is -0.373. The zero-order valence-corrected chi connectivity index (χ0v) is 21.8. The van der Waals surface area contributed by atoms with Gasteiger partial charge in [0.05, 0.1) is 10.9 Å². The predicted octanol–water partition coefficient (Wildman–Crippen LogP) is 6.92. The molecule has 1 saturated carbocycles. The van der Waals surface area contributed by atoms with Crippen LogP contribution in [-0.2, 0) is 11.2 Å². The maximum atomic E-state index is 14.6. The van der Waals surface area contributed by atoms with Gasteiger partial charge in [0.2, 0.25) is 5.82 Å². The smallest absolute Gasteiger partial charge is 0.306 e. The van der Waals surface area contributed by atoms with Crippen molar-refractivity contribution in [3.8, 4) is 34.0 Å². The number of carboxylic acid groups (broad SMARTS) is 1. The molecule has 0 aliphatic heterocycles. The Morgan fingerprint density at radius 2 is 1.87 bits per heavy atom. The molecule has 0 spiro atoms. The lowest BCUT2D eigenvalue weighted by Gasteiger charge is -2.35. The van der Waals surface area contributed by atoms with Crippen LogP contribution >= 0.6 is 11.6 Å². The third kappa shape index (κ3) is 4.40. The molecule has 1 aromatic heterocycles. The maximum Gasteiger partial charge on any atom is 0.306 e. The van der Waals surface area contributed by atoms with Crippen LogP contribution in [0.25, 0.3) is 34.0 Å². The molecular weight excluding hydrogens is 505 g/mol. The minimum absolute atomic E-state index is 0.218. The first-order valence-corrected chi connectivity index (χ1v) is 13.2. The van der Waals surface area contributed by atoms with E-state index in [0.717, 1.165) is 40.7 Å². The van der Waals surface area contributed by atoms with Crippen molar-refractivity contribution in [2.75, 3.05) is 0 Å². The maximum absolute atomic E-state index is 14.6. The molecule has 1 heterocycles. The van der Waals surface area contributed by atoms with Gasteiger partial charge in [-0.3, -0.25) is 4.79 Å². The van der Waals surface area contributed by atoms with Gasteiger partial charge in [-0.1, -0.05) is 41.0 Å². The van der Waals surface area contributed by atoms with E-state index in [1.54, 1.807) is 6.07 Å². The molecular formula is C30H27ClFN3O3. The first-order chi connectivity index (χ1) is 18.3. The van der Waals surface area contributed by atoms with Crippen LogP contribution in [0, 0.1) is 25.6 Å². The number of carbonyl (C=O) groups is 1. The van der Waals surface area contributed by atoms with Crippen molar-refractivity contribution >= 4 is 17.6 Å². The van der Waals surface area contributed by atoms with Gasteiger partial charge in [0, 0.05) is 28.8 Å². The summed E-state index contributed by atoms with van der Waals surface area (Å²) in [7, 11) is 0. The third-order valence-electron chi connectivity index (χ3n) is 7.86. The Morgan fingerprint density at radius 1 is 1.08 bits per heavy atom. The van der Waals surface area contributed by atoms with Crippen molar-refractivity contribution in [2.45, 2.75) is 51.6 Å². The molecule has 3 aromatic carbocycles. The van der Waals surface area contributed by atoms with Crippen molar-refractivity contribution in [2.24, 2.45) is 5.92 Å². The van der Waals surface area contributed by atoms with Gasteiger partial charge in [-0.05, 0) is 91.6 Å². The fourth-order valence-corrected chi connectivity index (χ4v) is 5.86. The average Bonchev–Trinajstić information content (AvgIpc) is 3.51. The lowest BCUT2D eigenvalue weighted by Crippen LogP contribution is -2.45. The van der Waals surface area contributed by atoms with E-state index < -0.39 is 5.97 Å². The summed E-state index contributed by atoms with van der Waals surface area (Å²) < 4.78 is 20.2. The van der Waals surface area contributed by atoms with Gasteiger partial charge in [-0.2, -0.15) is 4.98 Å². The third-order valence-corrected chi connectivity index (χ3v) is 8.34. The van der Waals surface area contributed by atoms with E-state index in [4.69, 9.17) is 21.2 Å². The van der Waals surface area contributed by atoms with Gasteiger partial charge in [0.15, 0.2) is 0 Å². The fraction of sp³-hybridized carbons (Fsp3) is 0.300. The van der Waals surface area contributed by atoms with Gasteiger partial charge in [0.25, 0.3) is 5.89 Å². The molecule has 1 fully saturated rings. The van der Waals surface area contributed by atoms with Crippen molar-refractivity contribution in [3.05, 3.63) is 81.6 Å². The molecule has 6 nitrogen and oxygen atoms in total. The highest BCUT2D eigenvalue weighted by molar-refractivity contribution is 6.34. The Hall–Kier alpha value is -3.55. The molecule has 0 bridgehead atoms. The standard InChI is InChI=1S/C30H27ClFN3O3/c1-15-3-9-24(32)26(27(15)31)22-7-5-19(11-16(22)2)29-34-28(35-38-29)18-4-8-23-17(12-18)6-10-25(23)33-21-13-20(14-21)30(36)37/h3-5,7-9,11-12,20-21,25,33H,6,10,13-14H2,1-2H3,(H,36,37). The highest BCUT2D eigenvalue weighted by Gasteiger charge is 2.36. The molecule has 194 valence electrons. The van der Waals surface area contributed by atoms with E-state index in [1.807, 2.05) is 38.1 Å². The van der Waals surface area contributed by atoms with Crippen LogP contribution in [0.15, 0.2) is 53.1 Å². The normalized spacial score (nSPS) is 20.3. The first kappa shape index (κ1) is 24.8. The van der Waals surface area contributed by atoms with Crippen LogP contribution < -0.4 is 5.32 Å². The van der Waals surface area contributed by atoms with Crippen LogP contribution in [0.1, 0.15) is 47.6 Å². The van der Waals surface area contributed by atoms with Gasteiger partial charge in [-0.25, -0.2) is 4.39 Å². The Bertz CT molecular complexity index is 1560. The van der Waals surface area contributed by atoms with Crippen LogP contribution in [0.3, 0.4) is 0 Å². The average molecular weight is 532 g/mol. The Balaban J connectivity index is 1.20. The second kappa shape index (κ2) is 9.64. The van der Waals surface area contributed by atoms with Crippen molar-refractivity contribution in [1.29, 1.82) is 0 Å². The minimum atomic E-state index is -0.699. The van der Waals surface area contributed by atoms with E-state index >= 15 is 0 Å². The number of aromatic nitrogens is 2. The largest absolute Gasteiger partial charge is 0.481 e. The molecule has 0 radical (unpaired) electrons. The van der Waals surface area contributed by atoms with Gasteiger partial charge < -0.3 is 14.9 Å². The van der Waals surface area contributed by atoms with Crippen molar-refractivity contribution in [3.63, 3.8) is 0 Å². The van der Waals surface area contributed by atoms with Crippen LogP contribution in [0.4, 0.5) is 4.39 Å². The Morgan fingerprint density at radius 3 is 2.63 bits per heavy atom. The number of halogens is 2. The predicted molar refractivity (Wildman–Crippen MR) is 143 cm³/mol. The molecule has 1 atom stereocenters. The van der Waals surface area contributed by atoms with Crippen LogP contribution in [-0.4, -0.2) is 27.3 Å². The highest BCUT2D eigenvalue weighted by atomic mass is 35.5. The van der Waals surface area contributed by atoms with E-state index in [-0.39, 0.29) is 23.8 Å². The summed E-state index contributed by atoms with van der Waals surface area (Å²) in [6.07, 6.45) is 3.32. The molecule has 6 rings (SSSR count). The highest BCUT2D eigenvalue weighted by Crippen LogP contribution is 2.39. The molecule has 0 saturated heterocycles. The summed E-state index contributed by atoms with van der Waals surface area (Å²) in [5.41, 5.74) is 6.93. The molecule has 2 aliphatic rings. The zero-order valence-electron chi connectivity index (χ0n) is 21.1. The topological polar surface area (TPSA) is 88.2 Å². The summed E-state index contributed by atoms with van der Waals surface area (Å²) in [6, 6.07) is 15.4. The van der Waals surface area contributed by atoms with E-state index in [1.165, 1.54) is 17.2 Å². The van der Waals surface area contributed by atoms with Crippen molar-refractivity contribution in [1.82, 2.24) is 15.5 Å². The summed E-state index contributed by atoms with van der Waals surface area (Å²) in [6.45, 7) is 3.76. The summed E-state index contributed by atoms with van der Waals surface area (Å²) >= 11 is 6.43. The number of aryl methyl sites for hydroxylation is 3. The first-order valence-electron chi connectivity index (χ1n) is 12.8. The molecule has 8 heteroatoms. The summed E-state index contributed by atoms with van der Waals surface area (Å²) in [4.78, 5) is 15.7. The monoisotopic (exact) mass is 531 g/mol. The lowest BCUT2D eigenvalue weighted by molar-refractivity contribution is -0.145. The van der Waals surface area contributed by atoms with Crippen LogP contribution in [0.2, 0.25) is 5.02 Å². The number of hydrogen-bond acceptors (Lipinski definition) is 5. The molecule has 2 aliphatic carbocycles. The minimum Gasteiger partial charge on any atom is -0.481 e. The zero-order chi connectivity index (χ0) is 26.6. The lowest BCUT2D eigenvalue weighted by atomic mass is 9.80. The number of carboxylic acids is 1. The number of rotatable bonds is 6. The van der Waals surface area contributed by atoms with E-state index in [0.29, 0.717) is 35.1 Å². The van der Waals surface area contributed by atoms with Gasteiger partial charge >= 0.3 is 5.97 Å². The molecule has 2 N–H and O–H groups in total. The second-order valence-corrected chi connectivity index (χ2v) is 10.8. The number of fused-ring (bicyclic) bond motifs is 1. The van der Waals surface area contributed by atoms with E-state index in [9.17, 15) is 9.18 Å². The SMILES string of the molecule is Cc1cc(-c2nc(-c3ccc4c(c3)CCC4NC3CC(C(=O)O)C3)no2)ccc1-c1c(F)ccc(C)c1Cl. The Kier molecular flexibility index (Phi) is 6.28. The molecule has 1 unspecified atom stereocenters. The molecule has 38 heavy (non-hydrogen) atoms. The fourth-order valence-electron chi connectivity index (χ4n) is 5.61. The molecule has 4 aromatic rings. The quantitative estimate of drug-likeness (QED) is 0.281. The van der Waals surface area contributed by atoms with E-state index in [2.05, 4.69) is 27.6 Å². The Labute approximate surface area is 224 Å². The second-order valence-electron chi connectivity index (χ2n) is 10.4. The van der Waals surface area contributed by atoms with Gasteiger partial charge in [0.1, 0.15) is 5.82 Å². The number of benzene rings is 3. The summed E-state index contributed by atoms with van der Waals surface area (Å²) in [5, 5.41) is 17.4. The van der Waals surface area contributed by atoms with Gasteiger partial charge in [-0.15, -0.1) is 0 Å². The van der Waals surface area contributed by atoms with Crippen LogP contribution in [0.5, 0.6) is 0 Å².